The molecule has 1 heterocycles. The van der Waals surface area contributed by atoms with Gasteiger partial charge in [-0.15, -0.1) is 11.3 Å². The van der Waals surface area contributed by atoms with Crippen molar-refractivity contribution in [2.24, 2.45) is 0 Å². The molecule has 2 nitrogen and oxygen atoms in total. The number of carbonyl (C=O) groups excluding carboxylic acids is 1. The number of carbonyl (C=O) groups is 1. The number of hydrogen-bond acceptors (Lipinski definition) is 3. The molecule has 17 heavy (non-hydrogen) atoms. The zero-order valence-corrected chi connectivity index (χ0v) is 11.0. The fourth-order valence-corrected chi connectivity index (χ4v) is 2.33. The van der Waals surface area contributed by atoms with Crippen molar-refractivity contribution in [3.8, 4) is 5.75 Å². The highest BCUT2D eigenvalue weighted by molar-refractivity contribution is 7.11. The summed E-state index contributed by atoms with van der Waals surface area (Å²) in [5.41, 5.74) is 0.938. The number of thiophene rings is 1. The number of rotatable bonds is 4. The lowest BCUT2D eigenvalue weighted by Gasteiger charge is -2.07. The van der Waals surface area contributed by atoms with E-state index in [-0.39, 0.29) is 0 Å². The molecule has 0 spiro atoms. The van der Waals surface area contributed by atoms with Crippen molar-refractivity contribution >= 4 is 40.8 Å². The van der Waals surface area contributed by atoms with Crippen molar-refractivity contribution in [1.29, 1.82) is 0 Å². The summed E-state index contributed by atoms with van der Waals surface area (Å²) in [7, 11) is 0. The van der Waals surface area contributed by atoms with Gasteiger partial charge in [-0.05, 0) is 23.6 Å². The highest BCUT2D eigenvalue weighted by atomic mass is 35.5. The first kappa shape index (κ1) is 12.4. The fourth-order valence-electron chi connectivity index (χ4n) is 1.29. The monoisotopic (exact) mass is 286 g/mol. The molecule has 0 bridgehead atoms. The maximum Gasteiger partial charge on any atom is 0.160 e. The number of hydrogen-bond donors (Lipinski definition) is 0. The van der Waals surface area contributed by atoms with Gasteiger partial charge in [-0.3, -0.25) is 4.79 Å². The predicted molar refractivity (Wildman–Crippen MR) is 70.5 cm³/mol. The van der Waals surface area contributed by atoms with Gasteiger partial charge in [0, 0.05) is 5.56 Å². The fraction of sp³-hybridized carbons (Fsp3) is 0.0833. The average Bonchev–Trinajstić information content (AvgIpc) is 2.79. The van der Waals surface area contributed by atoms with E-state index in [2.05, 4.69) is 0 Å². The molecule has 1 aromatic carbocycles. The molecule has 2 aromatic rings. The van der Waals surface area contributed by atoms with Gasteiger partial charge in [0.15, 0.2) is 6.29 Å². The summed E-state index contributed by atoms with van der Waals surface area (Å²) in [6.07, 6.45) is 0.820. The van der Waals surface area contributed by atoms with E-state index >= 15 is 0 Å². The molecule has 88 valence electrons. The standard InChI is InChI=1S/C12H8Cl2O2S/c13-10-2-1-3-11(12(10)14)16-6-8-4-9(5-15)17-7-8/h1-5,7H,6H2. The predicted octanol–water partition coefficient (Wildman–Crippen LogP) is 4.45. The molecule has 0 fully saturated rings. The highest BCUT2D eigenvalue weighted by Crippen LogP contribution is 2.32. The van der Waals surface area contributed by atoms with Gasteiger partial charge in [0.2, 0.25) is 0 Å². The van der Waals surface area contributed by atoms with Gasteiger partial charge >= 0.3 is 0 Å². The highest BCUT2D eigenvalue weighted by Gasteiger charge is 2.06. The minimum atomic E-state index is 0.365. The summed E-state index contributed by atoms with van der Waals surface area (Å²) in [5, 5.41) is 2.74. The average molecular weight is 287 g/mol. The second kappa shape index (κ2) is 5.54. The first-order valence-corrected chi connectivity index (χ1v) is 6.43. The van der Waals surface area contributed by atoms with E-state index < -0.39 is 0 Å². The third-order valence-electron chi connectivity index (χ3n) is 2.10. The Hall–Kier alpha value is -1.03. The molecule has 0 aliphatic rings. The van der Waals surface area contributed by atoms with Crippen molar-refractivity contribution in [1.82, 2.24) is 0 Å². The molecule has 0 aliphatic carbocycles. The molecule has 0 unspecified atom stereocenters. The number of aldehydes is 1. The summed E-state index contributed by atoms with van der Waals surface area (Å²) in [6.45, 7) is 0.365. The first-order chi connectivity index (χ1) is 8.20. The van der Waals surface area contributed by atoms with Crippen LogP contribution in [0.3, 0.4) is 0 Å². The Labute approximate surface area is 113 Å². The number of halogens is 2. The van der Waals surface area contributed by atoms with Crippen molar-refractivity contribution in [2.75, 3.05) is 0 Å². The third kappa shape index (κ3) is 3.00. The zero-order chi connectivity index (χ0) is 12.3. The zero-order valence-electron chi connectivity index (χ0n) is 8.65. The SMILES string of the molecule is O=Cc1cc(COc2cccc(Cl)c2Cl)cs1. The van der Waals surface area contributed by atoms with Crippen LogP contribution < -0.4 is 4.74 Å². The van der Waals surface area contributed by atoms with Gasteiger partial charge in [-0.1, -0.05) is 29.3 Å². The van der Waals surface area contributed by atoms with Crippen molar-refractivity contribution in [3.63, 3.8) is 0 Å². The third-order valence-corrected chi connectivity index (χ3v) is 3.81. The van der Waals surface area contributed by atoms with Crippen molar-refractivity contribution in [3.05, 3.63) is 50.1 Å². The van der Waals surface area contributed by atoms with Gasteiger partial charge in [-0.25, -0.2) is 0 Å². The first-order valence-electron chi connectivity index (χ1n) is 4.80. The van der Waals surface area contributed by atoms with Crippen LogP contribution in [0.1, 0.15) is 15.2 Å². The molecular formula is C12H8Cl2O2S. The lowest BCUT2D eigenvalue weighted by Crippen LogP contribution is -1.94. The van der Waals surface area contributed by atoms with E-state index in [1.807, 2.05) is 5.38 Å². The van der Waals surface area contributed by atoms with Gasteiger partial charge in [0.1, 0.15) is 17.4 Å². The van der Waals surface area contributed by atoms with Crippen molar-refractivity contribution < 1.29 is 9.53 Å². The summed E-state index contributed by atoms with van der Waals surface area (Å²) in [5.74, 6) is 0.540. The Kier molecular flexibility index (Phi) is 4.05. The van der Waals surface area contributed by atoms with Crippen LogP contribution in [0.25, 0.3) is 0 Å². The Bertz CT molecular complexity index is 537. The molecule has 0 saturated heterocycles. The molecule has 0 atom stereocenters. The van der Waals surface area contributed by atoms with Crippen LogP contribution in [-0.4, -0.2) is 6.29 Å². The number of ether oxygens (including phenoxy) is 1. The van der Waals surface area contributed by atoms with Gasteiger partial charge in [0.25, 0.3) is 0 Å². The van der Waals surface area contributed by atoms with E-state index in [9.17, 15) is 4.79 Å². The summed E-state index contributed by atoms with van der Waals surface area (Å²) in [4.78, 5) is 11.2. The summed E-state index contributed by atoms with van der Waals surface area (Å²) < 4.78 is 5.54. The second-order valence-electron chi connectivity index (χ2n) is 3.32. The molecule has 0 radical (unpaired) electrons. The van der Waals surface area contributed by atoms with Gasteiger partial charge in [-0.2, -0.15) is 0 Å². The Morgan fingerprint density at radius 3 is 2.88 bits per heavy atom. The van der Waals surface area contributed by atoms with E-state index in [0.717, 1.165) is 11.8 Å². The maximum absolute atomic E-state index is 10.5. The minimum absolute atomic E-state index is 0.365. The molecule has 2 rings (SSSR count). The van der Waals surface area contributed by atoms with Crippen LogP contribution in [0.2, 0.25) is 10.0 Å². The summed E-state index contributed by atoms with van der Waals surface area (Å²) >= 11 is 13.2. The van der Waals surface area contributed by atoms with Crippen molar-refractivity contribution in [2.45, 2.75) is 6.61 Å². The lowest BCUT2D eigenvalue weighted by molar-refractivity contribution is 0.112. The van der Waals surface area contributed by atoms with E-state index in [4.69, 9.17) is 27.9 Å². The van der Waals surface area contributed by atoms with Crippen LogP contribution in [-0.2, 0) is 6.61 Å². The largest absolute Gasteiger partial charge is 0.487 e. The van der Waals surface area contributed by atoms with E-state index in [1.165, 1.54) is 11.3 Å². The lowest BCUT2D eigenvalue weighted by atomic mass is 10.3. The van der Waals surface area contributed by atoms with Crippen LogP contribution in [0.15, 0.2) is 29.6 Å². The van der Waals surface area contributed by atoms with Crippen LogP contribution >= 0.6 is 34.5 Å². The van der Waals surface area contributed by atoms with E-state index in [1.54, 1.807) is 24.3 Å². The molecule has 1 aromatic heterocycles. The normalized spacial score (nSPS) is 10.2. The van der Waals surface area contributed by atoms with Crippen LogP contribution in [0.5, 0.6) is 5.75 Å². The number of benzene rings is 1. The summed E-state index contributed by atoms with van der Waals surface area (Å²) in [6, 6.07) is 7.01. The smallest absolute Gasteiger partial charge is 0.160 e. The molecule has 0 aliphatic heterocycles. The Balaban J connectivity index is 2.07. The quantitative estimate of drug-likeness (QED) is 0.777. The minimum Gasteiger partial charge on any atom is -0.487 e. The molecular weight excluding hydrogens is 279 g/mol. The van der Waals surface area contributed by atoms with E-state index in [0.29, 0.717) is 27.3 Å². The molecule has 5 heteroatoms. The molecule has 0 saturated carbocycles. The Morgan fingerprint density at radius 1 is 1.35 bits per heavy atom. The Morgan fingerprint density at radius 2 is 2.18 bits per heavy atom. The van der Waals surface area contributed by atoms with Crippen LogP contribution in [0.4, 0.5) is 0 Å². The van der Waals surface area contributed by atoms with Gasteiger partial charge in [0.05, 0.1) is 9.90 Å². The van der Waals surface area contributed by atoms with Gasteiger partial charge < -0.3 is 4.74 Å². The molecule has 0 amide bonds. The maximum atomic E-state index is 10.5. The molecule has 0 N–H and O–H groups in total. The topological polar surface area (TPSA) is 26.3 Å². The second-order valence-corrected chi connectivity index (χ2v) is 5.04. The van der Waals surface area contributed by atoms with Crippen LogP contribution in [0, 0.1) is 0 Å².